The molecule has 0 spiro atoms. The molecule has 0 aromatic heterocycles. The number of rotatable bonds is 12. The van der Waals surface area contributed by atoms with Gasteiger partial charge in [0.05, 0.1) is 17.2 Å². The summed E-state index contributed by atoms with van der Waals surface area (Å²) in [4.78, 5) is 37.2. The second kappa shape index (κ2) is 14.3. The smallest absolute Gasteiger partial charge is 0.338 e. The van der Waals surface area contributed by atoms with Gasteiger partial charge in [0.25, 0.3) is 0 Å². The highest BCUT2D eigenvalue weighted by atomic mass is 16.6. The maximum Gasteiger partial charge on any atom is 0.338 e. The molecule has 3 rings (SSSR count). The zero-order chi connectivity index (χ0) is 26.6. The van der Waals surface area contributed by atoms with E-state index in [0.29, 0.717) is 43.2 Å². The van der Waals surface area contributed by atoms with Gasteiger partial charge in [0.15, 0.2) is 0 Å². The van der Waals surface area contributed by atoms with E-state index in [1.54, 1.807) is 48.5 Å². The van der Waals surface area contributed by atoms with Crippen molar-refractivity contribution in [2.75, 3.05) is 6.61 Å². The minimum atomic E-state index is -0.588. The minimum absolute atomic E-state index is 0.125. The minimum Gasteiger partial charge on any atom is -0.463 e. The number of benzene rings is 2. The molecule has 198 valence electrons. The van der Waals surface area contributed by atoms with E-state index in [0.717, 1.165) is 0 Å². The van der Waals surface area contributed by atoms with Crippen molar-refractivity contribution in [2.45, 2.75) is 64.3 Å². The molecule has 0 bridgehead atoms. The molecular formula is C30H36O7. The van der Waals surface area contributed by atoms with Gasteiger partial charge in [-0.05, 0) is 57.4 Å². The third-order valence-electron chi connectivity index (χ3n) is 6.41. The van der Waals surface area contributed by atoms with Crippen LogP contribution < -0.4 is 0 Å². The number of ether oxygens (including phenoxy) is 3. The first-order valence-electron chi connectivity index (χ1n) is 12.9. The highest BCUT2D eigenvalue weighted by molar-refractivity contribution is 5.90. The largest absolute Gasteiger partial charge is 0.463 e. The van der Waals surface area contributed by atoms with Gasteiger partial charge >= 0.3 is 17.9 Å². The lowest BCUT2D eigenvalue weighted by molar-refractivity contribution is -0.147. The van der Waals surface area contributed by atoms with E-state index in [1.165, 1.54) is 0 Å². The fourth-order valence-electron chi connectivity index (χ4n) is 4.60. The average molecular weight is 509 g/mol. The van der Waals surface area contributed by atoms with E-state index in [-0.39, 0.29) is 30.5 Å². The van der Waals surface area contributed by atoms with E-state index >= 15 is 0 Å². The quantitative estimate of drug-likeness (QED) is 0.184. The standard InChI is InChI=1S/C30H36O7/c1-21(2)35-28(32)18-12-4-3-11-17-24-25(20-31)27(37-30(34)23-15-9-6-10-16-23)19-26(24)36-29(33)22-13-7-5-8-14-22/h3,5-11,13-16,21,24-27,31H,4,12,17-20H2,1-2H3/b11-3-/t24-,25-,26+,27-/m1/s1. The third kappa shape index (κ3) is 8.57. The first kappa shape index (κ1) is 28.1. The summed E-state index contributed by atoms with van der Waals surface area (Å²) < 4.78 is 16.8. The normalized spacial score (nSPS) is 21.2. The lowest BCUT2D eigenvalue weighted by Gasteiger charge is -2.24. The van der Waals surface area contributed by atoms with Crippen molar-refractivity contribution in [3.63, 3.8) is 0 Å². The van der Waals surface area contributed by atoms with Gasteiger partial charge in [0, 0.05) is 31.3 Å². The maximum atomic E-state index is 12.8. The number of carbonyl (C=O) groups excluding carboxylic acids is 3. The van der Waals surface area contributed by atoms with Crippen molar-refractivity contribution in [2.24, 2.45) is 11.8 Å². The van der Waals surface area contributed by atoms with Gasteiger partial charge in [-0.2, -0.15) is 0 Å². The van der Waals surface area contributed by atoms with Gasteiger partial charge in [-0.15, -0.1) is 0 Å². The molecule has 0 saturated heterocycles. The van der Waals surface area contributed by atoms with Gasteiger partial charge in [-0.1, -0.05) is 48.6 Å². The summed E-state index contributed by atoms with van der Waals surface area (Å²) in [6.45, 7) is 3.44. The van der Waals surface area contributed by atoms with Crippen molar-refractivity contribution in [1.82, 2.24) is 0 Å². The molecule has 0 aliphatic heterocycles. The second-order valence-electron chi connectivity index (χ2n) is 9.50. The summed E-state index contributed by atoms with van der Waals surface area (Å²) in [7, 11) is 0. The van der Waals surface area contributed by atoms with Crippen LogP contribution in [0.1, 0.15) is 66.7 Å². The number of unbranched alkanes of at least 4 members (excludes halogenated alkanes) is 1. The number of allylic oxidation sites excluding steroid dienone is 2. The predicted octanol–water partition coefficient (Wildman–Crippen LogP) is 5.13. The predicted molar refractivity (Wildman–Crippen MR) is 139 cm³/mol. The van der Waals surface area contributed by atoms with Crippen LogP contribution in [-0.4, -0.2) is 47.9 Å². The van der Waals surface area contributed by atoms with Crippen LogP contribution in [0.4, 0.5) is 0 Å². The Morgan fingerprint density at radius 3 is 1.92 bits per heavy atom. The van der Waals surface area contributed by atoms with E-state index in [2.05, 4.69) is 0 Å². The van der Waals surface area contributed by atoms with Crippen molar-refractivity contribution in [3.05, 3.63) is 83.9 Å². The van der Waals surface area contributed by atoms with Crippen LogP contribution in [0.5, 0.6) is 0 Å². The molecule has 2 aromatic carbocycles. The number of hydrogen-bond acceptors (Lipinski definition) is 7. The molecule has 1 aliphatic rings. The zero-order valence-corrected chi connectivity index (χ0v) is 21.5. The van der Waals surface area contributed by atoms with E-state index in [9.17, 15) is 19.5 Å². The summed E-state index contributed by atoms with van der Waals surface area (Å²) in [6.07, 6.45) is 5.28. The Bertz CT molecular complexity index is 1030. The van der Waals surface area contributed by atoms with Crippen molar-refractivity contribution >= 4 is 17.9 Å². The van der Waals surface area contributed by atoms with Crippen molar-refractivity contribution in [3.8, 4) is 0 Å². The van der Waals surface area contributed by atoms with Crippen LogP contribution in [0, 0.1) is 11.8 Å². The van der Waals surface area contributed by atoms with Gasteiger partial charge < -0.3 is 19.3 Å². The Labute approximate surface area is 218 Å². The Hall–Kier alpha value is -3.45. The Kier molecular flexibility index (Phi) is 10.9. The number of hydrogen-bond donors (Lipinski definition) is 1. The van der Waals surface area contributed by atoms with Gasteiger partial charge in [0.2, 0.25) is 0 Å². The second-order valence-corrected chi connectivity index (χ2v) is 9.50. The van der Waals surface area contributed by atoms with E-state index in [1.807, 2.05) is 38.1 Å². The number of esters is 3. The molecule has 1 N–H and O–H groups in total. The summed E-state index contributed by atoms with van der Waals surface area (Å²) in [6, 6.07) is 17.4. The topological polar surface area (TPSA) is 99.1 Å². The van der Waals surface area contributed by atoms with Crippen LogP contribution in [0.15, 0.2) is 72.8 Å². The van der Waals surface area contributed by atoms with Crippen molar-refractivity contribution < 1.29 is 33.7 Å². The van der Waals surface area contributed by atoms with Crippen molar-refractivity contribution in [1.29, 1.82) is 0 Å². The van der Waals surface area contributed by atoms with Gasteiger partial charge in [-0.3, -0.25) is 4.79 Å². The monoisotopic (exact) mass is 508 g/mol. The molecular weight excluding hydrogens is 472 g/mol. The van der Waals surface area contributed by atoms with Crippen LogP contribution in [-0.2, 0) is 19.0 Å². The highest BCUT2D eigenvalue weighted by Gasteiger charge is 2.46. The first-order chi connectivity index (χ1) is 17.9. The molecule has 4 atom stereocenters. The lowest BCUT2D eigenvalue weighted by Crippen LogP contribution is -2.29. The summed E-state index contributed by atoms with van der Waals surface area (Å²) in [5, 5.41) is 10.2. The zero-order valence-electron chi connectivity index (χ0n) is 21.5. The molecule has 2 aromatic rings. The Morgan fingerprint density at radius 2 is 1.41 bits per heavy atom. The van der Waals surface area contributed by atoms with Crippen LogP contribution in [0.25, 0.3) is 0 Å². The van der Waals surface area contributed by atoms with E-state index < -0.39 is 24.1 Å². The Morgan fingerprint density at radius 1 is 0.865 bits per heavy atom. The van der Waals surface area contributed by atoms with Gasteiger partial charge in [-0.25, -0.2) is 9.59 Å². The fraction of sp³-hybridized carbons (Fsp3) is 0.433. The molecule has 7 nitrogen and oxygen atoms in total. The molecule has 1 fully saturated rings. The SMILES string of the molecule is CC(C)OC(=O)CCC/C=C\C[C@@H]1[C@@H](CO)[C@H](OC(=O)c2ccccc2)C[C@@H]1OC(=O)c1ccccc1. The molecule has 0 amide bonds. The van der Waals surface area contributed by atoms with E-state index in [4.69, 9.17) is 14.2 Å². The number of aliphatic hydroxyl groups is 1. The molecule has 0 radical (unpaired) electrons. The summed E-state index contributed by atoms with van der Waals surface area (Å²) in [5.41, 5.74) is 0.867. The Balaban J connectivity index is 1.66. The van der Waals surface area contributed by atoms with Crippen LogP contribution in [0.2, 0.25) is 0 Å². The molecule has 37 heavy (non-hydrogen) atoms. The number of carbonyl (C=O) groups is 3. The third-order valence-corrected chi connectivity index (χ3v) is 6.41. The maximum absolute atomic E-state index is 12.8. The first-order valence-corrected chi connectivity index (χ1v) is 12.9. The highest BCUT2D eigenvalue weighted by Crippen LogP contribution is 2.39. The average Bonchev–Trinajstić information content (AvgIpc) is 3.21. The fourth-order valence-corrected chi connectivity index (χ4v) is 4.60. The molecule has 1 saturated carbocycles. The lowest BCUT2D eigenvalue weighted by atomic mass is 9.90. The van der Waals surface area contributed by atoms with Crippen LogP contribution >= 0.6 is 0 Å². The molecule has 1 aliphatic carbocycles. The molecule has 0 unspecified atom stereocenters. The molecule has 7 heteroatoms. The molecule has 0 heterocycles. The summed E-state index contributed by atoms with van der Waals surface area (Å²) in [5.74, 6) is -1.74. The van der Waals surface area contributed by atoms with Gasteiger partial charge in [0.1, 0.15) is 12.2 Å². The van der Waals surface area contributed by atoms with Crippen LogP contribution in [0.3, 0.4) is 0 Å². The number of aliphatic hydroxyl groups excluding tert-OH is 1. The summed E-state index contributed by atoms with van der Waals surface area (Å²) >= 11 is 0.